The van der Waals surface area contributed by atoms with Gasteiger partial charge in [0.05, 0.1) is 12.4 Å². The van der Waals surface area contributed by atoms with Crippen LogP contribution in [-0.4, -0.2) is 85.5 Å². The molecule has 0 bridgehead atoms. The maximum absolute atomic E-state index is 13.5. The van der Waals surface area contributed by atoms with E-state index < -0.39 is 60.2 Å². The summed E-state index contributed by atoms with van der Waals surface area (Å²) in [5, 5.41) is 23.2. The Morgan fingerprint density at radius 3 is 2.51 bits per heavy atom. The lowest BCUT2D eigenvalue weighted by Gasteiger charge is -2.30. The lowest BCUT2D eigenvalue weighted by molar-refractivity contribution is -0.145. The van der Waals surface area contributed by atoms with Crippen LogP contribution in [0, 0.1) is 5.92 Å². The van der Waals surface area contributed by atoms with Crippen LogP contribution in [0.2, 0.25) is 0 Å². The number of nitrogens with two attached hydrogens (primary N) is 1. The number of carbonyl (C=O) groups is 5. The van der Waals surface area contributed by atoms with Crippen molar-refractivity contribution in [2.45, 2.75) is 76.5 Å². The number of nitrogens with one attached hydrogen (secondary N) is 3. The van der Waals surface area contributed by atoms with Crippen LogP contribution >= 0.6 is 0 Å². The lowest BCUT2D eigenvalue weighted by atomic mass is 9.98. The second-order valence-corrected chi connectivity index (χ2v) is 8.77. The summed E-state index contributed by atoms with van der Waals surface area (Å²) < 4.78 is 0. The predicted molar refractivity (Wildman–Crippen MR) is 123 cm³/mol. The maximum atomic E-state index is 13.5. The lowest BCUT2D eigenvalue weighted by Crippen LogP contribution is -2.58. The number of hydrogen-bond donors (Lipinski definition) is 6. The molecule has 1 aliphatic heterocycles. The molecule has 5 atom stereocenters. The monoisotopic (exact) mass is 494 g/mol. The third-order valence-corrected chi connectivity index (χ3v) is 6.25. The van der Waals surface area contributed by atoms with Crippen molar-refractivity contribution < 1.29 is 34.2 Å². The van der Waals surface area contributed by atoms with E-state index >= 15 is 0 Å². The maximum Gasteiger partial charge on any atom is 0.326 e. The summed E-state index contributed by atoms with van der Waals surface area (Å²) in [5.74, 6) is -4.33. The second-order valence-electron chi connectivity index (χ2n) is 8.77. The van der Waals surface area contributed by atoms with Gasteiger partial charge in [-0.15, -0.1) is 0 Å². The highest BCUT2D eigenvalue weighted by Crippen LogP contribution is 2.20. The Balaban J connectivity index is 2.17. The normalized spacial score (nSPS) is 18.8. The Bertz CT molecular complexity index is 906. The first-order valence-electron chi connectivity index (χ1n) is 11.6. The fourth-order valence-electron chi connectivity index (χ4n) is 3.89. The molecule has 2 heterocycles. The van der Waals surface area contributed by atoms with Crippen molar-refractivity contribution in [1.29, 1.82) is 0 Å². The van der Waals surface area contributed by atoms with E-state index in [-0.39, 0.29) is 25.3 Å². The molecule has 2 rings (SSSR count). The summed E-state index contributed by atoms with van der Waals surface area (Å²) in [4.78, 5) is 69.5. The quantitative estimate of drug-likeness (QED) is 0.203. The summed E-state index contributed by atoms with van der Waals surface area (Å²) in [6.45, 7) is 3.98. The number of carboxylic acids is 2. The van der Waals surface area contributed by atoms with Crippen LogP contribution in [0.15, 0.2) is 12.5 Å². The topological polar surface area (TPSA) is 208 Å². The van der Waals surface area contributed by atoms with E-state index in [2.05, 4.69) is 20.6 Å². The first kappa shape index (κ1) is 27.8. The van der Waals surface area contributed by atoms with E-state index in [1.165, 1.54) is 17.4 Å². The Morgan fingerprint density at radius 1 is 1.23 bits per heavy atom. The van der Waals surface area contributed by atoms with E-state index in [9.17, 15) is 29.1 Å². The van der Waals surface area contributed by atoms with E-state index in [0.717, 1.165) is 0 Å². The largest absolute Gasteiger partial charge is 0.481 e. The molecule has 0 aromatic carbocycles. The number of likely N-dealkylation sites (tertiary alicyclic amines) is 1. The third kappa shape index (κ3) is 7.77. The van der Waals surface area contributed by atoms with Gasteiger partial charge in [0.2, 0.25) is 17.7 Å². The molecular formula is C22H34N6O7. The van der Waals surface area contributed by atoms with Gasteiger partial charge in [-0.2, -0.15) is 0 Å². The van der Waals surface area contributed by atoms with Gasteiger partial charge in [-0.1, -0.05) is 20.3 Å². The zero-order valence-corrected chi connectivity index (χ0v) is 19.9. The van der Waals surface area contributed by atoms with Crippen molar-refractivity contribution in [3.63, 3.8) is 0 Å². The van der Waals surface area contributed by atoms with Crippen molar-refractivity contribution in [3.8, 4) is 0 Å². The van der Waals surface area contributed by atoms with Crippen LogP contribution in [0.3, 0.4) is 0 Å². The zero-order chi connectivity index (χ0) is 26.1. The molecule has 0 aliphatic carbocycles. The van der Waals surface area contributed by atoms with Gasteiger partial charge < -0.3 is 36.5 Å². The van der Waals surface area contributed by atoms with E-state index in [1.54, 1.807) is 0 Å². The zero-order valence-electron chi connectivity index (χ0n) is 19.9. The summed E-state index contributed by atoms with van der Waals surface area (Å²) in [6, 6.07) is -4.18. The van der Waals surface area contributed by atoms with E-state index in [0.29, 0.717) is 25.0 Å². The first-order chi connectivity index (χ1) is 16.5. The Hall–Kier alpha value is -3.48. The Labute approximate surface area is 202 Å². The summed E-state index contributed by atoms with van der Waals surface area (Å²) in [7, 11) is 0. The molecule has 1 aliphatic rings. The number of hydrogen-bond acceptors (Lipinski definition) is 7. The van der Waals surface area contributed by atoms with Crippen LogP contribution < -0.4 is 16.4 Å². The van der Waals surface area contributed by atoms with Crippen LogP contribution in [-0.2, 0) is 30.4 Å². The number of aromatic amines is 1. The van der Waals surface area contributed by atoms with Gasteiger partial charge in [-0.05, 0) is 25.2 Å². The van der Waals surface area contributed by atoms with Crippen molar-refractivity contribution in [2.24, 2.45) is 11.7 Å². The van der Waals surface area contributed by atoms with Crippen molar-refractivity contribution in [2.75, 3.05) is 6.54 Å². The smallest absolute Gasteiger partial charge is 0.326 e. The highest BCUT2D eigenvalue weighted by atomic mass is 16.4. The van der Waals surface area contributed by atoms with Gasteiger partial charge >= 0.3 is 11.9 Å². The molecule has 35 heavy (non-hydrogen) atoms. The van der Waals surface area contributed by atoms with Crippen molar-refractivity contribution >= 4 is 29.7 Å². The molecule has 13 nitrogen and oxygen atoms in total. The standard InChI is InChI=1S/C22H34N6O7/c1-3-12(2)18(23)20(32)27-15(9-13-10-24-11-25-13)21(33)28-8-4-5-16(28)19(31)26-14(22(34)35)6-7-17(29)30/h10-12,14-16,18H,3-9,23H2,1-2H3,(H,24,25)(H,26,31)(H,27,32)(H,29,30)(H,34,35). The van der Waals surface area contributed by atoms with E-state index in [1.807, 2.05) is 13.8 Å². The highest BCUT2D eigenvalue weighted by Gasteiger charge is 2.39. The minimum Gasteiger partial charge on any atom is -0.481 e. The second kappa shape index (κ2) is 12.8. The summed E-state index contributed by atoms with van der Waals surface area (Å²) in [6.07, 6.45) is 3.83. The van der Waals surface area contributed by atoms with Gasteiger partial charge in [-0.25, -0.2) is 9.78 Å². The van der Waals surface area contributed by atoms with Crippen molar-refractivity contribution in [1.82, 2.24) is 25.5 Å². The van der Waals surface area contributed by atoms with Gasteiger partial charge in [0.15, 0.2) is 0 Å². The molecule has 13 heteroatoms. The number of carbonyl (C=O) groups excluding carboxylic acids is 3. The number of aliphatic carboxylic acids is 2. The van der Waals surface area contributed by atoms with E-state index in [4.69, 9.17) is 10.8 Å². The molecule has 3 amide bonds. The number of carboxylic acid groups (broad SMARTS) is 2. The number of H-pyrrole nitrogens is 1. The molecule has 0 saturated carbocycles. The molecule has 1 aromatic heterocycles. The molecule has 194 valence electrons. The average molecular weight is 495 g/mol. The number of nitrogens with zero attached hydrogens (tertiary/aromatic N) is 2. The molecular weight excluding hydrogens is 460 g/mol. The van der Waals surface area contributed by atoms with Crippen LogP contribution in [0.25, 0.3) is 0 Å². The minimum atomic E-state index is -1.40. The average Bonchev–Trinajstić information content (AvgIpc) is 3.51. The Morgan fingerprint density at radius 2 is 1.94 bits per heavy atom. The number of amides is 3. The third-order valence-electron chi connectivity index (χ3n) is 6.25. The van der Waals surface area contributed by atoms with Crippen molar-refractivity contribution in [3.05, 3.63) is 18.2 Å². The Kier molecular flexibility index (Phi) is 10.2. The van der Waals surface area contributed by atoms with Crippen LogP contribution in [0.5, 0.6) is 0 Å². The van der Waals surface area contributed by atoms with Gasteiger partial charge in [-0.3, -0.25) is 19.2 Å². The minimum absolute atomic E-state index is 0.0962. The molecule has 1 fully saturated rings. The predicted octanol–water partition coefficient (Wildman–Crippen LogP) is -0.764. The molecule has 0 spiro atoms. The molecule has 0 radical (unpaired) electrons. The number of imidazole rings is 1. The molecule has 1 saturated heterocycles. The SMILES string of the molecule is CCC(C)C(N)C(=O)NC(Cc1cnc[nH]1)C(=O)N1CCCC1C(=O)NC(CCC(=O)O)C(=O)O. The molecule has 5 unspecified atom stereocenters. The fraction of sp³-hybridized carbons (Fsp3) is 0.636. The van der Waals surface area contributed by atoms with Crippen LogP contribution in [0.4, 0.5) is 0 Å². The van der Waals surface area contributed by atoms with Crippen LogP contribution in [0.1, 0.15) is 51.6 Å². The van der Waals surface area contributed by atoms with Gasteiger partial charge in [0.1, 0.15) is 18.1 Å². The molecule has 1 aromatic rings. The highest BCUT2D eigenvalue weighted by molar-refractivity contribution is 5.94. The fourth-order valence-corrected chi connectivity index (χ4v) is 3.89. The number of rotatable bonds is 13. The first-order valence-corrected chi connectivity index (χ1v) is 11.6. The summed E-state index contributed by atoms with van der Waals surface area (Å²) in [5.41, 5.74) is 6.63. The number of aromatic nitrogens is 2. The van der Waals surface area contributed by atoms with Gasteiger partial charge in [0.25, 0.3) is 0 Å². The van der Waals surface area contributed by atoms with Gasteiger partial charge in [0, 0.05) is 31.3 Å². The summed E-state index contributed by atoms with van der Waals surface area (Å²) >= 11 is 0. The molecule has 7 N–H and O–H groups in total.